The maximum Gasteiger partial charge on any atom is 0.337 e. The quantitative estimate of drug-likeness (QED) is 0.864. The van der Waals surface area contributed by atoms with Crippen LogP contribution in [0.1, 0.15) is 36.5 Å². The maximum atomic E-state index is 12.1. The van der Waals surface area contributed by atoms with Crippen LogP contribution < -0.4 is 5.32 Å². The summed E-state index contributed by atoms with van der Waals surface area (Å²) in [5.41, 5.74) is 1.05. The Morgan fingerprint density at radius 3 is 2.90 bits per heavy atom. The molecule has 1 unspecified atom stereocenters. The Hall–Kier alpha value is -1.88. The molecule has 5 nitrogen and oxygen atoms in total. The minimum Gasteiger partial charge on any atom is -0.465 e. The molecule has 0 spiro atoms. The molecular weight excluding hydrogens is 268 g/mol. The molecule has 0 saturated carbocycles. The molecular formula is C16H22N2O3. The second-order valence-corrected chi connectivity index (χ2v) is 5.44. The predicted molar refractivity (Wildman–Crippen MR) is 81.3 cm³/mol. The Kier molecular flexibility index (Phi) is 5.33. The molecule has 1 fully saturated rings. The molecule has 1 heterocycles. The normalized spacial score (nSPS) is 19.0. The molecule has 21 heavy (non-hydrogen) atoms. The maximum absolute atomic E-state index is 12.1. The molecule has 0 bridgehead atoms. The van der Waals surface area contributed by atoms with Crippen LogP contribution in [0.4, 0.5) is 5.69 Å². The van der Waals surface area contributed by atoms with Gasteiger partial charge >= 0.3 is 5.97 Å². The van der Waals surface area contributed by atoms with Crippen molar-refractivity contribution >= 4 is 17.6 Å². The van der Waals surface area contributed by atoms with Gasteiger partial charge in [0.25, 0.3) is 0 Å². The number of methoxy groups -OCH3 is 1. The monoisotopic (exact) mass is 290 g/mol. The van der Waals surface area contributed by atoms with E-state index >= 15 is 0 Å². The number of anilines is 1. The summed E-state index contributed by atoms with van der Waals surface area (Å²) in [5.74, 6) is -0.457. The van der Waals surface area contributed by atoms with Crippen molar-refractivity contribution in [2.75, 3.05) is 25.5 Å². The number of rotatable bonds is 4. The molecule has 1 aromatic rings. The fourth-order valence-electron chi connectivity index (χ4n) is 2.62. The van der Waals surface area contributed by atoms with Crippen LogP contribution in [0, 0.1) is 0 Å². The average molecular weight is 290 g/mol. The minimum absolute atomic E-state index is 0.0502. The van der Waals surface area contributed by atoms with E-state index in [1.165, 1.54) is 13.5 Å². The summed E-state index contributed by atoms with van der Waals surface area (Å²) < 4.78 is 4.67. The van der Waals surface area contributed by atoms with Gasteiger partial charge in [0.15, 0.2) is 0 Å². The highest BCUT2D eigenvalue weighted by atomic mass is 16.5. The van der Waals surface area contributed by atoms with E-state index in [0.29, 0.717) is 23.8 Å². The number of esters is 1. The van der Waals surface area contributed by atoms with Crippen LogP contribution in [0.25, 0.3) is 0 Å². The number of carbonyl (C=O) groups is 2. The van der Waals surface area contributed by atoms with E-state index in [1.54, 1.807) is 24.3 Å². The van der Waals surface area contributed by atoms with Gasteiger partial charge in [-0.2, -0.15) is 0 Å². The summed E-state index contributed by atoms with van der Waals surface area (Å²) in [7, 11) is 1.34. The topological polar surface area (TPSA) is 58.6 Å². The molecule has 1 atom stereocenters. The first kappa shape index (κ1) is 15.5. The van der Waals surface area contributed by atoms with Crippen LogP contribution >= 0.6 is 0 Å². The van der Waals surface area contributed by atoms with E-state index in [-0.39, 0.29) is 5.91 Å². The molecule has 1 N–H and O–H groups in total. The van der Waals surface area contributed by atoms with Crippen molar-refractivity contribution in [3.63, 3.8) is 0 Å². The summed E-state index contributed by atoms with van der Waals surface area (Å²) in [5, 5.41) is 2.84. The summed E-state index contributed by atoms with van der Waals surface area (Å²) >= 11 is 0. The fraction of sp³-hybridized carbons (Fsp3) is 0.500. The van der Waals surface area contributed by atoms with Crippen LogP contribution in [0.15, 0.2) is 24.3 Å². The van der Waals surface area contributed by atoms with E-state index in [0.717, 1.165) is 19.4 Å². The summed E-state index contributed by atoms with van der Waals surface area (Å²) in [6, 6.07) is 7.23. The average Bonchev–Trinajstić information content (AvgIpc) is 2.49. The lowest BCUT2D eigenvalue weighted by atomic mass is 10.0. The van der Waals surface area contributed by atoms with Crippen molar-refractivity contribution in [1.82, 2.24) is 4.90 Å². The van der Waals surface area contributed by atoms with Crippen LogP contribution in [0.3, 0.4) is 0 Å². The molecule has 0 aromatic heterocycles. The zero-order valence-electron chi connectivity index (χ0n) is 12.6. The van der Waals surface area contributed by atoms with Crippen molar-refractivity contribution in [3.05, 3.63) is 29.8 Å². The third-order valence-corrected chi connectivity index (χ3v) is 3.85. The van der Waals surface area contributed by atoms with Gasteiger partial charge in [0, 0.05) is 11.7 Å². The summed E-state index contributed by atoms with van der Waals surface area (Å²) in [6.45, 7) is 3.52. The molecule has 1 aromatic carbocycles. The van der Waals surface area contributed by atoms with E-state index in [1.807, 2.05) is 0 Å². The lowest BCUT2D eigenvalue weighted by Crippen LogP contribution is -2.42. The molecule has 114 valence electrons. The number of nitrogens with zero attached hydrogens (tertiary/aromatic N) is 1. The molecule has 1 aliphatic heterocycles. The fourth-order valence-corrected chi connectivity index (χ4v) is 2.62. The highest BCUT2D eigenvalue weighted by Crippen LogP contribution is 2.16. The molecule has 1 saturated heterocycles. The first-order valence-electron chi connectivity index (χ1n) is 7.32. The number of ether oxygens (including phenoxy) is 1. The molecule has 5 heteroatoms. The van der Waals surface area contributed by atoms with Gasteiger partial charge in [-0.05, 0) is 44.5 Å². The Balaban J connectivity index is 1.94. The van der Waals surface area contributed by atoms with Crippen LogP contribution in [0.5, 0.6) is 0 Å². The Morgan fingerprint density at radius 2 is 2.19 bits per heavy atom. The third-order valence-electron chi connectivity index (χ3n) is 3.85. The number of piperidine rings is 1. The molecule has 2 rings (SSSR count). The highest BCUT2D eigenvalue weighted by Gasteiger charge is 2.20. The van der Waals surface area contributed by atoms with Gasteiger partial charge < -0.3 is 10.1 Å². The van der Waals surface area contributed by atoms with Crippen molar-refractivity contribution in [1.29, 1.82) is 0 Å². The van der Waals surface area contributed by atoms with Crippen molar-refractivity contribution < 1.29 is 14.3 Å². The van der Waals surface area contributed by atoms with E-state index in [4.69, 9.17) is 0 Å². The lowest BCUT2D eigenvalue weighted by Gasteiger charge is -2.32. The lowest BCUT2D eigenvalue weighted by molar-refractivity contribution is -0.118. The van der Waals surface area contributed by atoms with Gasteiger partial charge in [0.05, 0.1) is 19.2 Å². The van der Waals surface area contributed by atoms with Gasteiger partial charge in [0.2, 0.25) is 5.91 Å². The zero-order chi connectivity index (χ0) is 15.2. The van der Waals surface area contributed by atoms with E-state index < -0.39 is 5.97 Å². The van der Waals surface area contributed by atoms with Gasteiger partial charge in [-0.3, -0.25) is 9.69 Å². The Morgan fingerprint density at radius 1 is 1.38 bits per heavy atom. The number of carbonyl (C=O) groups excluding carboxylic acids is 2. The smallest absolute Gasteiger partial charge is 0.337 e. The summed E-state index contributed by atoms with van der Waals surface area (Å²) in [6.07, 6.45) is 3.53. The van der Waals surface area contributed by atoms with Gasteiger partial charge in [-0.25, -0.2) is 4.79 Å². The van der Waals surface area contributed by atoms with E-state index in [9.17, 15) is 9.59 Å². The second-order valence-electron chi connectivity index (χ2n) is 5.44. The van der Waals surface area contributed by atoms with Crippen molar-refractivity contribution in [3.8, 4) is 0 Å². The van der Waals surface area contributed by atoms with Crippen molar-refractivity contribution in [2.24, 2.45) is 0 Å². The van der Waals surface area contributed by atoms with Crippen LogP contribution in [-0.4, -0.2) is 43.0 Å². The molecule has 1 amide bonds. The minimum atomic E-state index is -0.407. The van der Waals surface area contributed by atoms with Gasteiger partial charge in [-0.1, -0.05) is 12.5 Å². The van der Waals surface area contributed by atoms with E-state index in [2.05, 4.69) is 21.9 Å². The van der Waals surface area contributed by atoms with Gasteiger partial charge in [0.1, 0.15) is 0 Å². The Bertz CT molecular complexity index is 516. The predicted octanol–water partition coefficient (Wildman–Crippen LogP) is 2.29. The number of benzene rings is 1. The first-order valence-corrected chi connectivity index (χ1v) is 7.32. The number of hydrogen-bond acceptors (Lipinski definition) is 4. The standard InChI is InChI=1S/C16H22N2O3/c1-12-6-3-4-9-18(12)11-15(19)17-14-8-5-7-13(10-14)16(20)21-2/h5,7-8,10,12H,3-4,6,9,11H2,1-2H3,(H,17,19). The SMILES string of the molecule is COC(=O)c1cccc(NC(=O)CN2CCCCC2C)c1. The first-order chi connectivity index (χ1) is 10.1. The number of nitrogens with one attached hydrogen (secondary N) is 1. The largest absolute Gasteiger partial charge is 0.465 e. The summed E-state index contributed by atoms with van der Waals surface area (Å²) in [4.78, 5) is 25.8. The molecule has 0 aliphatic carbocycles. The molecule has 0 radical (unpaired) electrons. The number of likely N-dealkylation sites (tertiary alicyclic amines) is 1. The third kappa shape index (κ3) is 4.29. The van der Waals surface area contributed by atoms with Crippen LogP contribution in [0.2, 0.25) is 0 Å². The van der Waals surface area contributed by atoms with Crippen LogP contribution in [-0.2, 0) is 9.53 Å². The second kappa shape index (κ2) is 7.22. The molecule has 1 aliphatic rings. The number of amides is 1. The zero-order valence-corrected chi connectivity index (χ0v) is 12.6. The Labute approximate surface area is 125 Å². The van der Waals surface area contributed by atoms with Gasteiger partial charge in [-0.15, -0.1) is 0 Å². The number of hydrogen-bond donors (Lipinski definition) is 1. The van der Waals surface area contributed by atoms with Crippen molar-refractivity contribution in [2.45, 2.75) is 32.2 Å². The highest BCUT2D eigenvalue weighted by molar-refractivity contribution is 5.95.